The molecule has 1 N–H and O–H groups in total. The number of carbonyl (C=O) groups is 1. The molecule has 5 heteroatoms. The Balaban J connectivity index is 2.72. The van der Waals surface area contributed by atoms with Crippen molar-refractivity contribution in [3.05, 3.63) is 35.2 Å². The van der Waals surface area contributed by atoms with Gasteiger partial charge in [0.05, 0.1) is 25.4 Å². The van der Waals surface area contributed by atoms with Gasteiger partial charge in [0.1, 0.15) is 5.83 Å². The van der Waals surface area contributed by atoms with Gasteiger partial charge in [0.2, 0.25) is 0 Å². The van der Waals surface area contributed by atoms with Gasteiger partial charge >= 0.3 is 5.97 Å². The molecule has 0 heterocycles. The van der Waals surface area contributed by atoms with Crippen LogP contribution < -0.4 is 0 Å². The largest absolute Gasteiger partial charge is 0.462 e. The third-order valence-electron chi connectivity index (χ3n) is 5.93. The zero-order valence-electron chi connectivity index (χ0n) is 18.6. The second-order valence-electron chi connectivity index (χ2n) is 8.15. The Morgan fingerprint density at radius 1 is 1.24 bits per heavy atom. The molecule has 4 nitrogen and oxygen atoms in total. The average Bonchev–Trinajstić information content (AvgIpc) is 2.71. The Morgan fingerprint density at radius 2 is 1.90 bits per heavy atom. The molecule has 1 unspecified atom stereocenters. The maximum absolute atomic E-state index is 14.8. The fourth-order valence-electron chi connectivity index (χ4n) is 4.25. The summed E-state index contributed by atoms with van der Waals surface area (Å²) >= 11 is 0. The predicted molar refractivity (Wildman–Crippen MR) is 115 cm³/mol. The summed E-state index contributed by atoms with van der Waals surface area (Å²) in [6.07, 6.45) is 8.22. The van der Waals surface area contributed by atoms with Crippen LogP contribution in [0.2, 0.25) is 0 Å². The smallest absolute Gasteiger partial charge is 0.335 e. The standard InChI is InChI=1S/C24H39FO4/c1-6-8-17(3)13-23(25)22(7-2)20-11-9-19(10-12-20)21(15-28-5)16-29-24(27)18(4)14-26/h13,19-21,26H,4,6-12,14-16H2,1-3,5H3/b17-13+,23-22-. The monoisotopic (exact) mass is 410 g/mol. The van der Waals surface area contributed by atoms with Crippen LogP contribution in [-0.4, -0.2) is 38.0 Å². The van der Waals surface area contributed by atoms with E-state index in [1.54, 1.807) is 13.2 Å². The lowest BCUT2D eigenvalue weighted by atomic mass is 9.73. The quantitative estimate of drug-likeness (QED) is 0.261. The van der Waals surface area contributed by atoms with Gasteiger partial charge < -0.3 is 14.6 Å². The second kappa shape index (κ2) is 13.7. The van der Waals surface area contributed by atoms with Gasteiger partial charge in [-0.15, -0.1) is 0 Å². The molecular weight excluding hydrogens is 371 g/mol. The molecule has 1 saturated carbocycles. The van der Waals surface area contributed by atoms with Crippen LogP contribution in [0.15, 0.2) is 35.2 Å². The number of hydrogen-bond donors (Lipinski definition) is 1. The molecule has 1 rings (SSSR count). The summed E-state index contributed by atoms with van der Waals surface area (Å²) in [4.78, 5) is 11.8. The molecule has 0 bridgehead atoms. The lowest BCUT2D eigenvalue weighted by Crippen LogP contribution is -2.30. The van der Waals surface area contributed by atoms with Gasteiger partial charge in [-0.05, 0) is 68.9 Å². The van der Waals surface area contributed by atoms with E-state index in [0.29, 0.717) is 12.5 Å². The van der Waals surface area contributed by atoms with E-state index in [1.807, 2.05) is 13.8 Å². The SMILES string of the molecule is C=C(CO)C(=O)OCC(COC)C1CCC(/C(CC)=C(F)/C=C(\C)CCC)CC1. The van der Waals surface area contributed by atoms with Crippen molar-refractivity contribution in [2.24, 2.45) is 17.8 Å². The van der Waals surface area contributed by atoms with Crippen molar-refractivity contribution >= 4 is 5.97 Å². The Kier molecular flexibility index (Phi) is 12.1. The summed E-state index contributed by atoms with van der Waals surface area (Å²) < 4.78 is 25.5. The van der Waals surface area contributed by atoms with Crippen LogP contribution in [0.5, 0.6) is 0 Å². The van der Waals surface area contributed by atoms with E-state index in [2.05, 4.69) is 13.5 Å². The van der Waals surface area contributed by atoms with Gasteiger partial charge in [0, 0.05) is 13.0 Å². The van der Waals surface area contributed by atoms with Crippen LogP contribution in [-0.2, 0) is 14.3 Å². The van der Waals surface area contributed by atoms with Gasteiger partial charge in [0.15, 0.2) is 0 Å². The highest BCUT2D eigenvalue weighted by atomic mass is 19.1. The lowest BCUT2D eigenvalue weighted by molar-refractivity contribution is -0.142. The molecule has 0 aromatic rings. The highest BCUT2D eigenvalue weighted by molar-refractivity contribution is 5.87. The minimum Gasteiger partial charge on any atom is -0.462 e. The normalized spacial score (nSPS) is 22.1. The van der Waals surface area contributed by atoms with Crippen LogP contribution >= 0.6 is 0 Å². The minimum absolute atomic E-state index is 0.0493. The zero-order chi connectivity index (χ0) is 21.8. The Hall–Kier alpha value is -1.46. The Bertz CT molecular complexity index is 586. The van der Waals surface area contributed by atoms with E-state index in [4.69, 9.17) is 14.6 Å². The van der Waals surface area contributed by atoms with E-state index in [0.717, 1.165) is 56.1 Å². The molecule has 0 aromatic carbocycles. The van der Waals surface area contributed by atoms with Crippen LogP contribution in [0.25, 0.3) is 0 Å². The molecular formula is C24H39FO4. The summed E-state index contributed by atoms with van der Waals surface area (Å²) in [6, 6.07) is 0. The third kappa shape index (κ3) is 8.43. The average molecular weight is 411 g/mol. The number of ether oxygens (including phenoxy) is 2. The van der Waals surface area contributed by atoms with E-state index >= 15 is 0 Å². The topological polar surface area (TPSA) is 55.8 Å². The molecule has 0 spiro atoms. The molecule has 0 radical (unpaired) electrons. The number of aliphatic hydroxyl groups excluding tert-OH is 1. The highest BCUT2D eigenvalue weighted by Gasteiger charge is 2.30. The van der Waals surface area contributed by atoms with Crippen molar-refractivity contribution in [3.63, 3.8) is 0 Å². The van der Waals surface area contributed by atoms with E-state index < -0.39 is 12.6 Å². The number of rotatable bonds is 12. The van der Waals surface area contributed by atoms with Crippen LogP contribution in [0.1, 0.15) is 65.7 Å². The molecule has 1 fully saturated rings. The maximum Gasteiger partial charge on any atom is 0.335 e. The van der Waals surface area contributed by atoms with Gasteiger partial charge in [-0.2, -0.15) is 0 Å². The number of halogens is 1. The molecule has 29 heavy (non-hydrogen) atoms. The summed E-state index contributed by atoms with van der Waals surface area (Å²) in [5.41, 5.74) is 2.09. The first kappa shape index (κ1) is 25.6. The fourth-order valence-corrected chi connectivity index (χ4v) is 4.25. The number of hydrogen-bond acceptors (Lipinski definition) is 4. The zero-order valence-corrected chi connectivity index (χ0v) is 18.6. The number of allylic oxidation sites excluding steroid dienone is 4. The summed E-state index contributed by atoms with van der Waals surface area (Å²) in [5, 5.41) is 8.99. The van der Waals surface area contributed by atoms with Crippen molar-refractivity contribution < 1.29 is 23.8 Å². The van der Waals surface area contributed by atoms with Crippen molar-refractivity contribution in [2.75, 3.05) is 26.9 Å². The predicted octanol–water partition coefficient (Wildman–Crippen LogP) is 5.53. The summed E-state index contributed by atoms with van der Waals surface area (Å²) in [5.74, 6) is 0.144. The molecule has 1 aliphatic carbocycles. The molecule has 0 saturated heterocycles. The van der Waals surface area contributed by atoms with Gasteiger partial charge in [-0.3, -0.25) is 0 Å². The number of methoxy groups -OCH3 is 1. The number of carbonyl (C=O) groups excluding carboxylic acids is 1. The molecule has 0 amide bonds. The fraction of sp³-hybridized carbons (Fsp3) is 0.708. The first-order chi connectivity index (χ1) is 13.9. The van der Waals surface area contributed by atoms with Crippen molar-refractivity contribution in [1.82, 2.24) is 0 Å². The Morgan fingerprint density at radius 3 is 2.41 bits per heavy atom. The number of esters is 1. The lowest BCUT2D eigenvalue weighted by Gasteiger charge is -2.34. The maximum atomic E-state index is 14.8. The van der Waals surface area contributed by atoms with E-state index in [-0.39, 0.29) is 29.8 Å². The number of aliphatic hydroxyl groups is 1. The van der Waals surface area contributed by atoms with Gasteiger partial charge in [0.25, 0.3) is 0 Å². The van der Waals surface area contributed by atoms with E-state index in [1.165, 1.54) is 0 Å². The molecule has 1 atom stereocenters. The summed E-state index contributed by atoms with van der Waals surface area (Å²) in [7, 11) is 1.64. The first-order valence-electron chi connectivity index (χ1n) is 10.9. The van der Waals surface area contributed by atoms with Crippen LogP contribution in [0.3, 0.4) is 0 Å². The van der Waals surface area contributed by atoms with Crippen LogP contribution in [0.4, 0.5) is 4.39 Å². The Labute approximate surface area is 175 Å². The molecule has 166 valence electrons. The minimum atomic E-state index is -0.560. The van der Waals surface area contributed by atoms with Crippen LogP contribution in [0, 0.1) is 17.8 Å². The first-order valence-corrected chi connectivity index (χ1v) is 10.9. The molecule has 0 aliphatic heterocycles. The van der Waals surface area contributed by atoms with E-state index in [9.17, 15) is 9.18 Å². The third-order valence-corrected chi connectivity index (χ3v) is 5.93. The molecule has 1 aliphatic rings. The summed E-state index contributed by atoms with van der Waals surface area (Å²) in [6.45, 7) is 10.00. The molecule has 0 aromatic heterocycles. The van der Waals surface area contributed by atoms with Crippen molar-refractivity contribution in [1.29, 1.82) is 0 Å². The van der Waals surface area contributed by atoms with Crippen molar-refractivity contribution in [3.8, 4) is 0 Å². The van der Waals surface area contributed by atoms with Crippen molar-refractivity contribution in [2.45, 2.75) is 65.7 Å². The van der Waals surface area contributed by atoms with Gasteiger partial charge in [-0.1, -0.05) is 32.4 Å². The van der Waals surface area contributed by atoms with Gasteiger partial charge in [-0.25, -0.2) is 9.18 Å². The highest BCUT2D eigenvalue weighted by Crippen LogP contribution is 2.39. The second-order valence-corrected chi connectivity index (χ2v) is 8.15.